The first-order valence-electron chi connectivity index (χ1n) is 14.6. The molecule has 2 spiro atoms. The van der Waals surface area contributed by atoms with Crippen molar-refractivity contribution < 1.29 is 28.5 Å². The number of aromatic nitrogens is 2. The molecular formula is C29H41N3O6. The predicted molar refractivity (Wildman–Crippen MR) is 138 cm³/mol. The zero-order chi connectivity index (χ0) is 26.3. The van der Waals surface area contributed by atoms with Gasteiger partial charge in [0.1, 0.15) is 6.10 Å². The molecule has 1 unspecified atom stereocenters. The Hall–Kier alpha value is -1.94. The molecule has 208 valence electrons. The van der Waals surface area contributed by atoms with Crippen LogP contribution in [0.2, 0.25) is 0 Å². The van der Waals surface area contributed by atoms with Crippen molar-refractivity contribution in [3.8, 4) is 5.88 Å². The minimum absolute atomic E-state index is 0.0445. The molecule has 2 aliphatic carbocycles. The van der Waals surface area contributed by atoms with Gasteiger partial charge >= 0.3 is 0 Å². The number of hydrogen-bond acceptors (Lipinski definition) is 9. The maximum Gasteiger partial charge on any atom is 0.217 e. The van der Waals surface area contributed by atoms with Crippen molar-refractivity contribution in [1.29, 1.82) is 0 Å². The Balaban J connectivity index is 1.30. The number of rotatable bonds is 6. The lowest BCUT2D eigenvalue weighted by Gasteiger charge is -2.51. The number of likely N-dealkylation sites (N-methyl/N-ethyl adjacent to an activating group) is 1. The first kappa shape index (κ1) is 26.3. The van der Waals surface area contributed by atoms with Gasteiger partial charge in [-0.05, 0) is 65.5 Å². The van der Waals surface area contributed by atoms with E-state index in [-0.39, 0.29) is 29.4 Å². The molecule has 4 heterocycles. The van der Waals surface area contributed by atoms with E-state index < -0.39 is 17.1 Å². The second kappa shape index (κ2) is 10.6. The van der Waals surface area contributed by atoms with Crippen molar-refractivity contribution in [3.05, 3.63) is 17.6 Å². The van der Waals surface area contributed by atoms with Gasteiger partial charge in [-0.3, -0.25) is 14.5 Å². The fourth-order valence-corrected chi connectivity index (χ4v) is 7.71. The monoisotopic (exact) mass is 527 g/mol. The van der Waals surface area contributed by atoms with E-state index in [1.807, 2.05) is 6.07 Å². The molecule has 0 bridgehead atoms. The van der Waals surface area contributed by atoms with Crippen LogP contribution < -0.4 is 4.74 Å². The van der Waals surface area contributed by atoms with Gasteiger partial charge in [-0.2, -0.15) is 4.98 Å². The summed E-state index contributed by atoms with van der Waals surface area (Å²) in [4.78, 5) is 39.9. The molecule has 5 fully saturated rings. The highest BCUT2D eigenvalue weighted by Crippen LogP contribution is 2.56. The third-order valence-corrected chi connectivity index (χ3v) is 9.76. The van der Waals surface area contributed by atoms with Gasteiger partial charge in [0.15, 0.2) is 17.4 Å². The van der Waals surface area contributed by atoms with E-state index in [0.29, 0.717) is 64.0 Å². The van der Waals surface area contributed by atoms with E-state index in [1.54, 1.807) is 0 Å². The van der Waals surface area contributed by atoms with Crippen LogP contribution in [0.15, 0.2) is 6.07 Å². The molecule has 9 heteroatoms. The molecule has 3 saturated heterocycles. The van der Waals surface area contributed by atoms with Gasteiger partial charge in [-0.1, -0.05) is 12.8 Å². The summed E-state index contributed by atoms with van der Waals surface area (Å²) < 4.78 is 24.3. The normalized spacial score (nSPS) is 34.3. The van der Waals surface area contributed by atoms with Crippen molar-refractivity contribution in [2.75, 3.05) is 40.0 Å². The van der Waals surface area contributed by atoms with Crippen molar-refractivity contribution in [2.45, 2.75) is 95.0 Å². The second-order valence-corrected chi connectivity index (χ2v) is 11.9. The number of Topliss-reactive ketones (excluding diaryl/α,β-unsaturated/α-hetero) is 2. The largest absolute Gasteiger partial charge is 0.473 e. The minimum Gasteiger partial charge on any atom is -0.473 e. The summed E-state index contributed by atoms with van der Waals surface area (Å²) in [6.07, 6.45) is 8.30. The standard InChI is InChI=1S/C29H41N3O6/c1-19(23-8-6-13-32(23)2)38-24-17-22(20-9-14-35-18-20)30-27(31-24)25(33)21-7-5-11-28(26(21)34)10-3-4-12-29(28)36-15-16-37-29/h17,19-21,23H,3-16,18H2,1-2H3/t19-,20-,21?,23-,28-/m0/s1. The molecular weight excluding hydrogens is 486 g/mol. The number of likely N-dealkylation sites (tertiary alicyclic amines) is 1. The van der Waals surface area contributed by atoms with E-state index in [2.05, 4.69) is 23.9 Å². The van der Waals surface area contributed by atoms with E-state index in [9.17, 15) is 9.59 Å². The third-order valence-electron chi connectivity index (χ3n) is 9.76. The lowest BCUT2D eigenvalue weighted by Crippen LogP contribution is -2.60. The SMILES string of the molecule is C[C@H](Oc1cc([C@H]2CCOC2)nc(C(=O)C2CCC[C@@]3(CCCCC34OCCO4)C2=O)n1)[C@@H]1CCCN1C. The summed E-state index contributed by atoms with van der Waals surface area (Å²) in [5.74, 6) is -1.43. The number of ketones is 2. The topological polar surface area (TPSA) is 100 Å². The molecule has 0 radical (unpaired) electrons. The van der Waals surface area contributed by atoms with Crippen LogP contribution in [0.1, 0.15) is 93.4 Å². The number of nitrogens with zero attached hydrogens (tertiary/aromatic N) is 3. The highest BCUT2D eigenvalue weighted by atomic mass is 16.7. The maximum absolute atomic E-state index is 14.2. The highest BCUT2D eigenvalue weighted by molar-refractivity contribution is 6.11. The Morgan fingerprint density at radius 1 is 1.05 bits per heavy atom. The smallest absolute Gasteiger partial charge is 0.217 e. The van der Waals surface area contributed by atoms with Gasteiger partial charge in [0.2, 0.25) is 11.7 Å². The van der Waals surface area contributed by atoms with Crippen molar-refractivity contribution in [1.82, 2.24) is 14.9 Å². The molecule has 9 nitrogen and oxygen atoms in total. The lowest BCUT2D eigenvalue weighted by atomic mass is 9.57. The van der Waals surface area contributed by atoms with Gasteiger partial charge in [0.25, 0.3) is 0 Å². The summed E-state index contributed by atoms with van der Waals surface area (Å²) >= 11 is 0. The van der Waals surface area contributed by atoms with Crippen LogP contribution in [-0.2, 0) is 19.0 Å². The molecule has 1 aromatic rings. The average molecular weight is 528 g/mol. The van der Waals surface area contributed by atoms with Crippen LogP contribution in [0, 0.1) is 11.3 Å². The van der Waals surface area contributed by atoms with E-state index >= 15 is 0 Å². The average Bonchev–Trinajstić information content (AvgIpc) is 3.70. The zero-order valence-corrected chi connectivity index (χ0v) is 22.8. The third kappa shape index (κ3) is 4.49. The Morgan fingerprint density at radius 2 is 1.84 bits per heavy atom. The van der Waals surface area contributed by atoms with Crippen LogP contribution in [0.3, 0.4) is 0 Å². The van der Waals surface area contributed by atoms with Crippen LogP contribution in [-0.4, -0.2) is 84.4 Å². The van der Waals surface area contributed by atoms with Gasteiger partial charge in [0, 0.05) is 31.1 Å². The molecule has 5 atom stereocenters. The number of ether oxygens (including phenoxy) is 4. The minimum atomic E-state index is -0.887. The fourth-order valence-electron chi connectivity index (χ4n) is 7.71. The van der Waals surface area contributed by atoms with E-state index in [1.165, 1.54) is 0 Å². The zero-order valence-electron chi connectivity index (χ0n) is 22.8. The Bertz CT molecular complexity index is 1050. The highest BCUT2D eigenvalue weighted by Gasteiger charge is 2.63. The van der Waals surface area contributed by atoms with Crippen molar-refractivity contribution >= 4 is 11.6 Å². The number of carbonyl (C=O) groups is 2. The van der Waals surface area contributed by atoms with Crippen LogP contribution >= 0.6 is 0 Å². The second-order valence-electron chi connectivity index (χ2n) is 11.9. The molecule has 5 aliphatic rings. The van der Waals surface area contributed by atoms with Gasteiger partial charge in [-0.25, -0.2) is 4.98 Å². The summed E-state index contributed by atoms with van der Waals surface area (Å²) in [5, 5.41) is 0. The molecule has 0 aromatic carbocycles. The van der Waals surface area contributed by atoms with Crippen molar-refractivity contribution in [3.63, 3.8) is 0 Å². The van der Waals surface area contributed by atoms with Crippen LogP contribution in [0.5, 0.6) is 5.88 Å². The summed E-state index contributed by atoms with van der Waals surface area (Å²) in [7, 11) is 2.12. The van der Waals surface area contributed by atoms with E-state index in [4.69, 9.17) is 23.9 Å². The molecule has 3 aliphatic heterocycles. The Labute approximate surface area is 225 Å². The van der Waals surface area contributed by atoms with Gasteiger partial charge in [0.05, 0.1) is 36.8 Å². The van der Waals surface area contributed by atoms with E-state index in [0.717, 1.165) is 50.8 Å². The van der Waals surface area contributed by atoms with Gasteiger partial charge < -0.3 is 18.9 Å². The van der Waals surface area contributed by atoms with Gasteiger partial charge in [-0.15, -0.1) is 0 Å². The molecule has 1 aromatic heterocycles. The number of fused-ring (bicyclic) bond motifs is 1. The first-order chi connectivity index (χ1) is 18.4. The van der Waals surface area contributed by atoms with Crippen LogP contribution in [0.25, 0.3) is 0 Å². The molecule has 0 N–H and O–H groups in total. The maximum atomic E-state index is 14.2. The molecule has 0 amide bonds. The Morgan fingerprint density at radius 3 is 2.58 bits per heavy atom. The Kier molecular flexibility index (Phi) is 7.31. The number of carbonyl (C=O) groups excluding carboxylic acids is 2. The van der Waals surface area contributed by atoms with Crippen molar-refractivity contribution in [2.24, 2.45) is 11.3 Å². The molecule has 2 saturated carbocycles. The quantitative estimate of drug-likeness (QED) is 0.405. The molecule has 6 rings (SSSR count). The molecule has 38 heavy (non-hydrogen) atoms. The first-order valence-corrected chi connectivity index (χ1v) is 14.6. The lowest BCUT2D eigenvalue weighted by molar-refractivity contribution is -0.255. The fraction of sp³-hybridized carbons (Fsp3) is 0.793. The van der Waals surface area contributed by atoms with Crippen LogP contribution in [0.4, 0.5) is 0 Å². The summed E-state index contributed by atoms with van der Waals surface area (Å²) in [6.45, 7) is 5.34. The number of hydrogen-bond donors (Lipinski definition) is 0. The predicted octanol–water partition coefficient (Wildman–Crippen LogP) is 3.70. The summed E-state index contributed by atoms with van der Waals surface area (Å²) in [5.41, 5.74) is -0.00427. The summed E-state index contributed by atoms with van der Waals surface area (Å²) in [6, 6.07) is 2.17.